The van der Waals surface area contributed by atoms with Crippen molar-refractivity contribution in [2.45, 2.75) is 19.4 Å². The van der Waals surface area contributed by atoms with Gasteiger partial charge in [-0.25, -0.2) is 14.4 Å². The molecule has 0 radical (unpaired) electrons. The van der Waals surface area contributed by atoms with Crippen LogP contribution in [0.3, 0.4) is 0 Å². The molecule has 100 valence electrons. The first-order chi connectivity index (χ1) is 8.47. The number of nitrogens with zero attached hydrogens (tertiary/aromatic N) is 4. The molecule has 2 heterocycles. The summed E-state index contributed by atoms with van der Waals surface area (Å²) in [5, 5.41) is -0.0793. The first kappa shape index (κ1) is 13.6. The van der Waals surface area contributed by atoms with Gasteiger partial charge in [0.1, 0.15) is 5.82 Å². The van der Waals surface area contributed by atoms with Crippen molar-refractivity contribution >= 4 is 11.6 Å². The Hall–Kier alpha value is -0.780. The van der Waals surface area contributed by atoms with E-state index in [9.17, 15) is 4.39 Å². The van der Waals surface area contributed by atoms with Gasteiger partial charge in [-0.15, -0.1) is 0 Å². The molecule has 1 unspecified atom stereocenters. The summed E-state index contributed by atoms with van der Waals surface area (Å²) >= 11 is 5.75. The van der Waals surface area contributed by atoms with Crippen LogP contribution in [0.5, 0.6) is 0 Å². The van der Waals surface area contributed by atoms with Gasteiger partial charge >= 0.3 is 0 Å². The van der Waals surface area contributed by atoms with Crippen molar-refractivity contribution in [3.8, 4) is 0 Å². The van der Waals surface area contributed by atoms with E-state index in [4.69, 9.17) is 11.6 Å². The second-order valence-electron chi connectivity index (χ2n) is 4.93. The largest absolute Gasteiger partial charge is 0.304 e. The fraction of sp³-hybridized carbons (Fsp3) is 0.667. The van der Waals surface area contributed by atoms with E-state index in [1.54, 1.807) is 6.92 Å². The van der Waals surface area contributed by atoms with E-state index in [-0.39, 0.29) is 5.15 Å². The molecule has 6 heteroatoms. The quantitative estimate of drug-likeness (QED) is 0.761. The second-order valence-corrected chi connectivity index (χ2v) is 5.29. The van der Waals surface area contributed by atoms with Crippen LogP contribution in [-0.2, 0) is 6.42 Å². The number of hydrogen-bond donors (Lipinski definition) is 0. The van der Waals surface area contributed by atoms with E-state index in [2.05, 4.69) is 33.9 Å². The van der Waals surface area contributed by atoms with E-state index in [1.807, 2.05) is 0 Å². The first-order valence-corrected chi connectivity index (χ1v) is 6.42. The fourth-order valence-corrected chi connectivity index (χ4v) is 2.44. The summed E-state index contributed by atoms with van der Waals surface area (Å²) in [5.41, 5.74) is 0.316. The molecule has 0 bridgehead atoms. The summed E-state index contributed by atoms with van der Waals surface area (Å²) in [6.45, 7) is 4.67. The molecule has 1 aromatic heterocycles. The summed E-state index contributed by atoms with van der Waals surface area (Å²) in [6.07, 6.45) is 0.696. The normalized spacial score (nSPS) is 22.4. The molecule has 0 aromatic carbocycles. The van der Waals surface area contributed by atoms with Gasteiger partial charge < -0.3 is 9.80 Å². The van der Waals surface area contributed by atoms with Crippen LogP contribution >= 0.6 is 11.6 Å². The minimum absolute atomic E-state index is 0.0793. The predicted molar refractivity (Wildman–Crippen MR) is 69.4 cm³/mol. The molecule has 1 aliphatic rings. The van der Waals surface area contributed by atoms with Crippen molar-refractivity contribution in [3.05, 3.63) is 22.5 Å². The number of hydrogen-bond acceptors (Lipinski definition) is 4. The van der Waals surface area contributed by atoms with Crippen molar-refractivity contribution in [3.63, 3.8) is 0 Å². The molecule has 4 nitrogen and oxygen atoms in total. The van der Waals surface area contributed by atoms with Crippen LogP contribution in [0.2, 0.25) is 5.15 Å². The van der Waals surface area contributed by atoms with Crippen molar-refractivity contribution in [1.82, 2.24) is 19.8 Å². The van der Waals surface area contributed by atoms with Crippen LogP contribution in [0.4, 0.5) is 4.39 Å². The molecule has 1 aromatic rings. The number of likely N-dealkylation sites (N-methyl/N-ethyl adjacent to an activating group) is 2. The van der Waals surface area contributed by atoms with Crippen LogP contribution in [0, 0.1) is 12.7 Å². The van der Waals surface area contributed by atoms with E-state index in [0.717, 1.165) is 19.6 Å². The van der Waals surface area contributed by atoms with Crippen LogP contribution in [0.25, 0.3) is 0 Å². The number of aromatic nitrogens is 2. The third-order valence-electron chi connectivity index (χ3n) is 3.42. The van der Waals surface area contributed by atoms with Crippen LogP contribution in [0.1, 0.15) is 11.5 Å². The number of halogens is 2. The maximum atomic E-state index is 13.4. The molecule has 1 aliphatic heterocycles. The Labute approximate surface area is 112 Å². The molecule has 0 aliphatic carbocycles. The van der Waals surface area contributed by atoms with Gasteiger partial charge in [0.15, 0.2) is 11.0 Å². The topological polar surface area (TPSA) is 32.3 Å². The molecule has 2 rings (SSSR count). The van der Waals surface area contributed by atoms with Gasteiger partial charge in [0.25, 0.3) is 0 Å². The van der Waals surface area contributed by atoms with Crippen molar-refractivity contribution in [2.75, 3.05) is 33.7 Å². The van der Waals surface area contributed by atoms with Gasteiger partial charge in [-0.1, -0.05) is 11.6 Å². The highest BCUT2D eigenvalue weighted by Crippen LogP contribution is 2.16. The van der Waals surface area contributed by atoms with Gasteiger partial charge in [0.05, 0.1) is 5.69 Å². The highest BCUT2D eigenvalue weighted by molar-refractivity contribution is 6.29. The predicted octanol–water partition coefficient (Wildman–Crippen LogP) is 1.37. The lowest BCUT2D eigenvalue weighted by atomic mass is 10.1. The lowest BCUT2D eigenvalue weighted by Crippen LogP contribution is -2.51. The molecule has 0 N–H and O–H groups in total. The first-order valence-electron chi connectivity index (χ1n) is 6.04. The smallest absolute Gasteiger partial charge is 0.181 e. The highest BCUT2D eigenvalue weighted by atomic mass is 35.5. The SMILES string of the molecule is Cc1nc(CC2CN(C)CCN2C)nc(Cl)c1F. The molecule has 1 atom stereocenters. The van der Waals surface area contributed by atoms with E-state index >= 15 is 0 Å². The third kappa shape index (κ3) is 2.96. The van der Waals surface area contributed by atoms with E-state index in [0.29, 0.717) is 24.0 Å². The molecular weight excluding hydrogens is 255 g/mol. The number of piperazine rings is 1. The molecule has 0 amide bonds. The summed E-state index contributed by atoms with van der Waals surface area (Å²) in [6, 6.07) is 0.352. The maximum absolute atomic E-state index is 13.4. The maximum Gasteiger partial charge on any atom is 0.181 e. The highest BCUT2D eigenvalue weighted by Gasteiger charge is 2.24. The minimum atomic E-state index is -0.519. The summed E-state index contributed by atoms with van der Waals surface area (Å²) < 4.78 is 13.4. The van der Waals surface area contributed by atoms with Crippen LogP contribution in [0.15, 0.2) is 0 Å². The summed E-state index contributed by atoms with van der Waals surface area (Å²) in [4.78, 5) is 12.8. The zero-order valence-corrected chi connectivity index (χ0v) is 11.7. The van der Waals surface area contributed by atoms with Gasteiger partial charge in [0.2, 0.25) is 0 Å². The Kier molecular flexibility index (Phi) is 4.14. The van der Waals surface area contributed by atoms with Crippen LogP contribution in [-0.4, -0.2) is 59.5 Å². The Morgan fingerprint density at radius 2 is 2.06 bits per heavy atom. The van der Waals surface area contributed by atoms with E-state index < -0.39 is 5.82 Å². The van der Waals surface area contributed by atoms with Gasteiger partial charge in [-0.3, -0.25) is 0 Å². The minimum Gasteiger partial charge on any atom is -0.304 e. The Morgan fingerprint density at radius 3 is 2.72 bits per heavy atom. The molecular formula is C12H18ClFN4. The number of rotatable bonds is 2. The number of aryl methyl sites for hydroxylation is 1. The van der Waals surface area contributed by atoms with E-state index in [1.165, 1.54) is 0 Å². The molecule has 18 heavy (non-hydrogen) atoms. The van der Waals surface area contributed by atoms with Gasteiger partial charge in [-0.2, -0.15) is 0 Å². The lowest BCUT2D eigenvalue weighted by molar-refractivity contribution is 0.113. The standard InChI is InChI=1S/C12H18ClFN4/c1-8-11(14)12(13)16-10(15-8)6-9-7-17(2)4-5-18(9)3/h9H,4-7H2,1-3H3. The average molecular weight is 273 g/mol. The van der Waals surface area contributed by atoms with Gasteiger partial charge in [-0.05, 0) is 21.0 Å². The average Bonchev–Trinajstić information content (AvgIpc) is 2.31. The van der Waals surface area contributed by atoms with Gasteiger partial charge in [0, 0.05) is 32.1 Å². The molecule has 0 saturated carbocycles. The van der Waals surface area contributed by atoms with Crippen LogP contribution < -0.4 is 0 Å². The van der Waals surface area contributed by atoms with Crippen molar-refractivity contribution in [2.24, 2.45) is 0 Å². The molecule has 1 fully saturated rings. The zero-order chi connectivity index (χ0) is 13.3. The zero-order valence-electron chi connectivity index (χ0n) is 11.0. The fourth-order valence-electron chi connectivity index (χ4n) is 2.20. The molecule has 1 saturated heterocycles. The Balaban J connectivity index is 2.13. The summed E-state index contributed by atoms with van der Waals surface area (Å²) in [7, 11) is 4.19. The second kappa shape index (κ2) is 5.47. The van der Waals surface area contributed by atoms with Crippen molar-refractivity contribution in [1.29, 1.82) is 0 Å². The summed E-state index contributed by atoms with van der Waals surface area (Å²) in [5.74, 6) is 0.0978. The lowest BCUT2D eigenvalue weighted by Gasteiger charge is -2.37. The Morgan fingerprint density at radius 1 is 1.33 bits per heavy atom. The molecule has 0 spiro atoms. The Bertz CT molecular complexity index is 417. The monoisotopic (exact) mass is 272 g/mol. The third-order valence-corrected chi connectivity index (χ3v) is 3.67. The van der Waals surface area contributed by atoms with Crippen molar-refractivity contribution < 1.29 is 4.39 Å².